The molecule has 8 heteroatoms. The number of benzene rings is 2. The topological polar surface area (TPSA) is 94.6 Å². The molecular formula is C22H18N4O4. The van der Waals surface area contributed by atoms with Crippen LogP contribution in [-0.4, -0.2) is 42.7 Å². The van der Waals surface area contributed by atoms with Crippen LogP contribution < -0.4 is 9.80 Å². The molecule has 1 N–H and O–H groups in total. The predicted octanol–water partition coefficient (Wildman–Crippen LogP) is 3.29. The van der Waals surface area contributed by atoms with Crippen LogP contribution in [0.2, 0.25) is 0 Å². The molecule has 0 saturated carbocycles. The maximum Gasteiger partial charge on any atom is 0.335 e. The molecule has 1 aliphatic rings. The van der Waals surface area contributed by atoms with Gasteiger partial charge in [-0.05, 0) is 55.0 Å². The third kappa shape index (κ3) is 3.69. The second kappa shape index (κ2) is 8.01. The molecule has 0 atom stereocenters. The molecule has 150 valence electrons. The highest BCUT2D eigenvalue weighted by molar-refractivity contribution is 6.57. The maximum atomic E-state index is 13.2. The summed E-state index contributed by atoms with van der Waals surface area (Å²) in [6, 6.07) is 12.6. The zero-order valence-corrected chi connectivity index (χ0v) is 16.6. The van der Waals surface area contributed by atoms with Crippen molar-refractivity contribution in [1.29, 1.82) is 0 Å². The van der Waals surface area contributed by atoms with Crippen molar-refractivity contribution in [3.63, 3.8) is 0 Å². The van der Waals surface area contributed by atoms with Crippen molar-refractivity contribution in [3.8, 4) is 0 Å². The van der Waals surface area contributed by atoms with Gasteiger partial charge in [-0.3, -0.25) is 14.5 Å². The van der Waals surface area contributed by atoms with E-state index in [2.05, 4.69) is 9.84 Å². The van der Waals surface area contributed by atoms with E-state index in [9.17, 15) is 19.5 Å². The van der Waals surface area contributed by atoms with Gasteiger partial charge in [0.15, 0.2) is 0 Å². The van der Waals surface area contributed by atoms with Crippen molar-refractivity contribution in [1.82, 2.24) is 0 Å². The van der Waals surface area contributed by atoms with Crippen molar-refractivity contribution in [2.75, 3.05) is 23.9 Å². The quantitative estimate of drug-likeness (QED) is 0.626. The lowest BCUT2D eigenvalue weighted by Gasteiger charge is -2.27. The van der Waals surface area contributed by atoms with Crippen molar-refractivity contribution >= 4 is 40.6 Å². The van der Waals surface area contributed by atoms with E-state index in [0.29, 0.717) is 5.69 Å². The molecule has 0 bridgehead atoms. The minimum atomic E-state index is -1.19. The third-order valence-corrected chi connectivity index (χ3v) is 4.59. The Labute approximate surface area is 173 Å². The Morgan fingerprint density at radius 2 is 1.77 bits per heavy atom. The van der Waals surface area contributed by atoms with E-state index in [4.69, 9.17) is 6.57 Å². The van der Waals surface area contributed by atoms with E-state index in [1.807, 2.05) is 31.1 Å². The number of carboxylic acid groups (broad SMARTS) is 1. The molecule has 30 heavy (non-hydrogen) atoms. The molecule has 0 radical (unpaired) electrons. The SMILES string of the molecule is [C-]#[N+]C1=C(C)C(=Nc2ccc(N(C)C)cc2)C(=O)N(c2cccc(C(=O)O)c2)C1=O. The van der Waals surface area contributed by atoms with Crippen LogP contribution in [0.15, 0.2) is 64.8 Å². The molecule has 0 saturated heterocycles. The molecule has 8 nitrogen and oxygen atoms in total. The van der Waals surface area contributed by atoms with E-state index < -0.39 is 17.8 Å². The Bertz CT molecular complexity index is 1150. The highest BCUT2D eigenvalue weighted by atomic mass is 16.4. The molecule has 2 aromatic carbocycles. The summed E-state index contributed by atoms with van der Waals surface area (Å²) in [4.78, 5) is 47.6. The summed E-state index contributed by atoms with van der Waals surface area (Å²) in [6.07, 6.45) is 0. The van der Waals surface area contributed by atoms with Crippen molar-refractivity contribution in [2.45, 2.75) is 6.92 Å². The van der Waals surface area contributed by atoms with Gasteiger partial charge in [-0.2, -0.15) is 0 Å². The number of hydrogen-bond donors (Lipinski definition) is 1. The summed E-state index contributed by atoms with van der Waals surface area (Å²) in [6.45, 7) is 8.89. The Morgan fingerprint density at radius 3 is 2.33 bits per heavy atom. The Hall–Kier alpha value is -4.25. The number of rotatable bonds is 4. The summed E-state index contributed by atoms with van der Waals surface area (Å²) in [5, 5.41) is 9.21. The van der Waals surface area contributed by atoms with Crippen LogP contribution in [0.4, 0.5) is 17.1 Å². The summed E-state index contributed by atoms with van der Waals surface area (Å²) in [5.74, 6) is -2.72. The second-order valence-electron chi connectivity index (χ2n) is 6.76. The average Bonchev–Trinajstić information content (AvgIpc) is 2.72. The van der Waals surface area contributed by atoms with Gasteiger partial charge in [0.25, 0.3) is 17.5 Å². The van der Waals surface area contributed by atoms with Crippen LogP contribution >= 0.6 is 0 Å². The Balaban J connectivity index is 2.12. The fourth-order valence-corrected chi connectivity index (χ4v) is 2.97. The second-order valence-corrected chi connectivity index (χ2v) is 6.76. The van der Waals surface area contributed by atoms with Gasteiger partial charge in [-0.25, -0.2) is 14.6 Å². The first-order valence-corrected chi connectivity index (χ1v) is 8.91. The molecule has 2 amide bonds. The van der Waals surface area contributed by atoms with Gasteiger partial charge in [0.05, 0.1) is 23.5 Å². The molecule has 0 fully saturated rings. The first-order chi connectivity index (χ1) is 14.2. The zero-order chi connectivity index (χ0) is 22.0. The normalized spacial score (nSPS) is 15.4. The number of nitrogens with zero attached hydrogens (tertiary/aromatic N) is 4. The lowest BCUT2D eigenvalue weighted by Crippen LogP contribution is -2.46. The van der Waals surface area contributed by atoms with Crippen molar-refractivity contribution < 1.29 is 19.5 Å². The lowest BCUT2D eigenvalue weighted by molar-refractivity contribution is -0.121. The van der Waals surface area contributed by atoms with E-state index in [0.717, 1.165) is 10.6 Å². The molecular weight excluding hydrogens is 384 g/mol. The number of aromatic carboxylic acids is 1. The monoisotopic (exact) mass is 402 g/mol. The highest BCUT2D eigenvalue weighted by Gasteiger charge is 2.38. The highest BCUT2D eigenvalue weighted by Crippen LogP contribution is 2.28. The molecule has 0 spiro atoms. The smallest absolute Gasteiger partial charge is 0.335 e. The van der Waals surface area contributed by atoms with Crippen LogP contribution in [-0.2, 0) is 9.59 Å². The molecule has 0 unspecified atom stereocenters. The number of anilines is 2. The van der Waals surface area contributed by atoms with Crippen molar-refractivity contribution in [2.24, 2.45) is 4.99 Å². The summed E-state index contributed by atoms with van der Waals surface area (Å²) < 4.78 is 0. The number of carbonyl (C=O) groups is 3. The average molecular weight is 402 g/mol. The third-order valence-electron chi connectivity index (χ3n) is 4.59. The van der Waals surface area contributed by atoms with Crippen LogP contribution in [0.25, 0.3) is 4.85 Å². The number of carboxylic acids is 1. The fourth-order valence-electron chi connectivity index (χ4n) is 2.97. The van der Waals surface area contributed by atoms with Crippen LogP contribution in [0, 0.1) is 6.57 Å². The number of aliphatic imine (C=N–C) groups is 1. The summed E-state index contributed by atoms with van der Waals surface area (Å²) in [7, 11) is 3.80. The molecule has 0 aliphatic carbocycles. The minimum Gasteiger partial charge on any atom is -0.478 e. The van der Waals surface area contributed by atoms with E-state index in [1.165, 1.54) is 31.2 Å². The van der Waals surface area contributed by atoms with Gasteiger partial charge >= 0.3 is 5.97 Å². The van der Waals surface area contributed by atoms with Gasteiger partial charge in [-0.1, -0.05) is 6.07 Å². The fraction of sp³-hybridized carbons (Fsp3) is 0.136. The number of amides is 2. The molecule has 3 rings (SSSR count). The van der Waals surface area contributed by atoms with Crippen molar-refractivity contribution in [3.05, 3.63) is 76.8 Å². The number of carbonyl (C=O) groups excluding carboxylic acids is 2. The molecule has 2 aromatic rings. The first kappa shape index (κ1) is 20.5. The molecule has 0 aromatic heterocycles. The first-order valence-electron chi connectivity index (χ1n) is 8.91. The predicted molar refractivity (Wildman–Crippen MR) is 113 cm³/mol. The largest absolute Gasteiger partial charge is 0.478 e. The van der Waals surface area contributed by atoms with Gasteiger partial charge in [-0.15, -0.1) is 0 Å². The van der Waals surface area contributed by atoms with E-state index >= 15 is 0 Å². The summed E-state index contributed by atoms with van der Waals surface area (Å²) >= 11 is 0. The van der Waals surface area contributed by atoms with Crippen LogP contribution in [0.1, 0.15) is 17.3 Å². The van der Waals surface area contributed by atoms with E-state index in [-0.39, 0.29) is 28.2 Å². The van der Waals surface area contributed by atoms with Crippen LogP contribution in [0.5, 0.6) is 0 Å². The minimum absolute atomic E-state index is 0.0427. The molecule has 1 heterocycles. The molecule has 1 aliphatic heterocycles. The summed E-state index contributed by atoms with van der Waals surface area (Å²) in [5.41, 5.74) is 1.32. The Kier molecular flexibility index (Phi) is 5.47. The van der Waals surface area contributed by atoms with Gasteiger partial charge in [0, 0.05) is 19.8 Å². The van der Waals surface area contributed by atoms with Gasteiger partial charge < -0.3 is 10.0 Å². The van der Waals surface area contributed by atoms with Gasteiger partial charge in [0.2, 0.25) is 0 Å². The standard InChI is InChI=1S/C22H18N4O4/c1-13-18(23-2)20(27)26(17-7-5-6-14(12-17)22(29)30)21(28)19(13)24-15-8-10-16(11-9-15)25(3)4/h5-12H,1,3-4H3,(H,29,30). The van der Waals surface area contributed by atoms with Crippen LogP contribution in [0.3, 0.4) is 0 Å². The maximum absolute atomic E-state index is 13.2. The van der Waals surface area contributed by atoms with Gasteiger partial charge in [0.1, 0.15) is 5.71 Å². The zero-order valence-electron chi connectivity index (χ0n) is 16.6. The lowest BCUT2D eigenvalue weighted by atomic mass is 10.0. The van der Waals surface area contributed by atoms with E-state index in [1.54, 1.807) is 12.1 Å². The number of hydrogen-bond acceptors (Lipinski definition) is 5. The Morgan fingerprint density at radius 1 is 1.10 bits per heavy atom. The number of imide groups is 1.